The first-order valence-corrected chi connectivity index (χ1v) is 12.7. The molecule has 0 aliphatic carbocycles. The van der Waals surface area contributed by atoms with Crippen LogP contribution in [0.4, 0.5) is 22.0 Å². The summed E-state index contributed by atoms with van der Waals surface area (Å²) in [5.74, 6) is 0.408. The van der Waals surface area contributed by atoms with E-state index in [0.29, 0.717) is 27.8 Å². The third-order valence-corrected chi connectivity index (χ3v) is 7.17. The molecule has 0 bridgehead atoms. The zero-order valence-electron chi connectivity index (χ0n) is 20.6. The molecular weight excluding hydrogens is 512 g/mol. The van der Waals surface area contributed by atoms with Crippen LogP contribution in [0.15, 0.2) is 41.3 Å². The number of aryl methyl sites for hydroxylation is 1. The van der Waals surface area contributed by atoms with Gasteiger partial charge in [0, 0.05) is 44.3 Å². The molecule has 0 spiro atoms. The van der Waals surface area contributed by atoms with Gasteiger partial charge in [-0.2, -0.15) is 0 Å². The molecule has 10 heteroatoms. The molecule has 2 saturated heterocycles. The van der Waals surface area contributed by atoms with Crippen molar-refractivity contribution in [3.8, 4) is 0 Å². The smallest absolute Gasteiger partial charge is 0.420 e. The number of rotatable bonds is 4. The van der Waals surface area contributed by atoms with Crippen LogP contribution in [0, 0.1) is 6.92 Å². The normalized spacial score (nSPS) is 17.5. The molecule has 1 amide bonds. The maximum atomic E-state index is 13.4. The van der Waals surface area contributed by atoms with Crippen LogP contribution in [0.2, 0.25) is 0 Å². The molecule has 0 unspecified atom stereocenters. The predicted octanol–water partition coefficient (Wildman–Crippen LogP) is 4.39. The van der Waals surface area contributed by atoms with Crippen molar-refractivity contribution in [2.24, 2.45) is 0 Å². The number of aromatic nitrogens is 3. The quantitative estimate of drug-likeness (QED) is 0.483. The van der Waals surface area contributed by atoms with E-state index in [4.69, 9.17) is 9.47 Å². The fourth-order valence-electron chi connectivity index (χ4n) is 4.43. The number of carbonyl (C=O) groups is 1. The number of nitrogens with zero attached hydrogens (tertiary/aromatic N) is 6. The monoisotopic (exact) mass is 542 g/mol. The van der Waals surface area contributed by atoms with E-state index in [1.54, 1.807) is 6.20 Å². The average molecular weight is 543 g/mol. The lowest BCUT2D eigenvalue weighted by Crippen LogP contribution is -2.56. The third kappa shape index (κ3) is 4.87. The SMILES string of the molecule is Cc1c(Br)nc(N(C(=O)OC(C)(C)C)c2ccc(N3CCN(C4COC4)CC3)cc2)c2nccn12. The molecule has 5 rings (SSSR count). The Hall–Kier alpha value is -2.69. The van der Waals surface area contributed by atoms with Gasteiger partial charge in [0.1, 0.15) is 10.2 Å². The number of carbonyl (C=O) groups excluding carboxylic acids is 1. The second kappa shape index (κ2) is 9.40. The fraction of sp³-hybridized carbons (Fsp3) is 0.480. The zero-order chi connectivity index (χ0) is 24.7. The van der Waals surface area contributed by atoms with Crippen LogP contribution < -0.4 is 9.80 Å². The van der Waals surface area contributed by atoms with Crippen LogP contribution in [0.5, 0.6) is 0 Å². The highest BCUT2D eigenvalue weighted by Gasteiger charge is 2.31. The molecule has 35 heavy (non-hydrogen) atoms. The lowest BCUT2D eigenvalue weighted by Gasteiger charge is -2.43. The van der Waals surface area contributed by atoms with Gasteiger partial charge in [0.25, 0.3) is 0 Å². The van der Waals surface area contributed by atoms with Crippen LogP contribution in [0.3, 0.4) is 0 Å². The number of anilines is 3. The van der Waals surface area contributed by atoms with E-state index >= 15 is 0 Å². The summed E-state index contributed by atoms with van der Waals surface area (Å²) in [5.41, 5.74) is 2.62. The molecule has 9 nitrogen and oxygen atoms in total. The van der Waals surface area contributed by atoms with Crippen molar-refractivity contribution in [2.75, 3.05) is 49.2 Å². The standard InChI is InChI=1S/C25H31BrN6O3/c1-17-21(26)28-23(22-27-9-10-31(17)22)32(24(33)35-25(2,3)4)19-7-5-18(6-8-19)29-11-13-30(14-12-29)20-15-34-16-20/h5-10,20H,11-16H2,1-4H3. The molecule has 4 heterocycles. The van der Waals surface area contributed by atoms with Crippen molar-refractivity contribution in [1.82, 2.24) is 19.3 Å². The molecular formula is C25H31BrN6O3. The predicted molar refractivity (Wildman–Crippen MR) is 139 cm³/mol. The Kier molecular flexibility index (Phi) is 6.45. The van der Waals surface area contributed by atoms with Crippen LogP contribution in [-0.2, 0) is 9.47 Å². The van der Waals surface area contributed by atoms with Gasteiger partial charge < -0.3 is 14.4 Å². The Morgan fingerprint density at radius 1 is 1.14 bits per heavy atom. The van der Waals surface area contributed by atoms with Gasteiger partial charge in [0.05, 0.1) is 30.6 Å². The third-order valence-electron chi connectivity index (χ3n) is 6.42. The van der Waals surface area contributed by atoms with Gasteiger partial charge in [-0.1, -0.05) is 0 Å². The lowest BCUT2D eigenvalue weighted by atomic mass is 10.1. The minimum Gasteiger partial charge on any atom is -0.443 e. The number of hydrogen-bond donors (Lipinski definition) is 0. The summed E-state index contributed by atoms with van der Waals surface area (Å²) in [5, 5.41) is 0. The van der Waals surface area contributed by atoms with Gasteiger partial charge in [-0.15, -0.1) is 0 Å². The van der Waals surface area contributed by atoms with Gasteiger partial charge in [0.2, 0.25) is 0 Å². The summed E-state index contributed by atoms with van der Waals surface area (Å²) in [7, 11) is 0. The molecule has 186 valence electrons. The van der Waals surface area contributed by atoms with Crippen LogP contribution >= 0.6 is 15.9 Å². The molecule has 1 aromatic carbocycles. The first-order chi connectivity index (χ1) is 16.7. The molecule has 2 aliphatic rings. The van der Waals surface area contributed by atoms with Crippen molar-refractivity contribution < 1.29 is 14.3 Å². The highest BCUT2D eigenvalue weighted by molar-refractivity contribution is 9.10. The van der Waals surface area contributed by atoms with E-state index in [2.05, 4.69) is 47.8 Å². The van der Waals surface area contributed by atoms with Gasteiger partial charge in [-0.05, 0) is 67.9 Å². The van der Waals surface area contributed by atoms with E-state index in [1.807, 2.05) is 50.4 Å². The van der Waals surface area contributed by atoms with Gasteiger partial charge >= 0.3 is 6.09 Å². The van der Waals surface area contributed by atoms with E-state index in [1.165, 1.54) is 4.90 Å². The van der Waals surface area contributed by atoms with Crippen molar-refractivity contribution in [1.29, 1.82) is 0 Å². The van der Waals surface area contributed by atoms with Gasteiger partial charge in [-0.25, -0.2) is 19.7 Å². The Morgan fingerprint density at radius 2 is 1.83 bits per heavy atom. The maximum absolute atomic E-state index is 13.4. The Morgan fingerprint density at radius 3 is 2.43 bits per heavy atom. The fourth-order valence-corrected chi connectivity index (χ4v) is 4.79. The number of hydrogen-bond acceptors (Lipinski definition) is 7. The molecule has 2 aromatic heterocycles. The zero-order valence-corrected chi connectivity index (χ0v) is 22.2. The first kappa shape index (κ1) is 24.0. The van der Waals surface area contributed by atoms with E-state index in [-0.39, 0.29) is 0 Å². The number of benzene rings is 1. The van der Waals surface area contributed by atoms with Crippen molar-refractivity contribution in [3.63, 3.8) is 0 Å². The number of fused-ring (bicyclic) bond motifs is 1. The first-order valence-electron chi connectivity index (χ1n) is 11.9. The lowest BCUT2D eigenvalue weighted by molar-refractivity contribution is -0.0660. The number of piperazine rings is 1. The molecule has 0 saturated carbocycles. The number of amides is 1. The van der Waals surface area contributed by atoms with Gasteiger partial charge in [-0.3, -0.25) is 9.30 Å². The molecule has 0 atom stereocenters. The molecule has 2 fully saturated rings. The van der Waals surface area contributed by atoms with Crippen LogP contribution in [-0.4, -0.2) is 76.4 Å². The molecule has 0 N–H and O–H groups in total. The van der Waals surface area contributed by atoms with Crippen LogP contribution in [0.25, 0.3) is 5.65 Å². The number of imidazole rings is 1. The minimum absolute atomic E-state index is 0.408. The molecule has 2 aliphatic heterocycles. The highest BCUT2D eigenvalue weighted by Crippen LogP contribution is 2.33. The van der Waals surface area contributed by atoms with Crippen molar-refractivity contribution >= 4 is 44.9 Å². The van der Waals surface area contributed by atoms with E-state index in [0.717, 1.165) is 50.8 Å². The van der Waals surface area contributed by atoms with E-state index < -0.39 is 11.7 Å². The Balaban J connectivity index is 1.44. The number of halogens is 1. The van der Waals surface area contributed by atoms with Gasteiger partial charge in [0.15, 0.2) is 11.5 Å². The molecule has 0 radical (unpaired) electrons. The summed E-state index contributed by atoms with van der Waals surface area (Å²) in [6.07, 6.45) is 3.05. The minimum atomic E-state index is -0.659. The summed E-state index contributed by atoms with van der Waals surface area (Å²) in [4.78, 5) is 29.0. The highest BCUT2D eigenvalue weighted by atomic mass is 79.9. The van der Waals surface area contributed by atoms with Crippen molar-refractivity contribution in [3.05, 3.63) is 47.0 Å². The second-order valence-corrected chi connectivity index (χ2v) is 10.7. The maximum Gasteiger partial charge on any atom is 0.420 e. The molecule has 3 aromatic rings. The summed E-state index contributed by atoms with van der Waals surface area (Å²) in [6.45, 7) is 13.2. The largest absolute Gasteiger partial charge is 0.443 e. The second-order valence-electron chi connectivity index (χ2n) is 9.98. The Labute approximate surface area is 213 Å². The summed E-state index contributed by atoms with van der Waals surface area (Å²) < 4.78 is 13.7. The Bertz CT molecular complexity index is 1210. The van der Waals surface area contributed by atoms with Crippen molar-refractivity contribution in [2.45, 2.75) is 39.3 Å². The topological polar surface area (TPSA) is 75.4 Å². The van der Waals surface area contributed by atoms with Crippen LogP contribution in [0.1, 0.15) is 26.5 Å². The van der Waals surface area contributed by atoms with E-state index in [9.17, 15) is 4.79 Å². The number of ether oxygens (including phenoxy) is 2. The summed E-state index contributed by atoms with van der Waals surface area (Å²) in [6, 6.07) is 8.57. The summed E-state index contributed by atoms with van der Waals surface area (Å²) >= 11 is 3.53. The average Bonchev–Trinajstić information content (AvgIpc) is 3.26.